The second-order valence-electron chi connectivity index (χ2n) is 10.3. The first kappa shape index (κ1) is 21.0. The number of carbonyl (C=O) groups is 2. The van der Waals surface area contributed by atoms with E-state index in [0.29, 0.717) is 39.1 Å². The number of anilines is 1. The number of nitrogens with zero attached hydrogens (tertiary/aromatic N) is 1. The fraction of sp³-hybridized carbons (Fsp3) is 0.652. The minimum Gasteiger partial charge on any atom is -0.399 e. The summed E-state index contributed by atoms with van der Waals surface area (Å²) in [5.74, 6) is 0.174. The van der Waals surface area contributed by atoms with Crippen molar-refractivity contribution in [3.05, 3.63) is 23.8 Å². The van der Waals surface area contributed by atoms with E-state index in [1.807, 2.05) is 50.8 Å². The van der Waals surface area contributed by atoms with Crippen molar-refractivity contribution in [2.75, 3.05) is 31.6 Å². The van der Waals surface area contributed by atoms with Gasteiger partial charge in [-0.15, -0.1) is 0 Å². The zero-order chi connectivity index (χ0) is 22.0. The van der Waals surface area contributed by atoms with Crippen LogP contribution in [-0.2, 0) is 29.0 Å². The van der Waals surface area contributed by atoms with Crippen LogP contribution in [0.3, 0.4) is 0 Å². The number of nitrogens with one attached hydrogen (secondary N) is 1. The first-order chi connectivity index (χ1) is 14.6. The lowest BCUT2D eigenvalue weighted by Gasteiger charge is -2.38. The van der Waals surface area contributed by atoms with Gasteiger partial charge in [0.05, 0.1) is 29.1 Å². The van der Waals surface area contributed by atoms with Crippen molar-refractivity contribution in [2.24, 2.45) is 5.92 Å². The van der Waals surface area contributed by atoms with E-state index in [2.05, 4.69) is 5.32 Å². The van der Waals surface area contributed by atoms with E-state index < -0.39 is 23.7 Å². The van der Waals surface area contributed by atoms with Crippen LogP contribution in [0.1, 0.15) is 52.5 Å². The first-order valence-electron chi connectivity index (χ1n) is 11.3. The Morgan fingerprint density at radius 2 is 1.81 bits per heavy atom. The molecule has 1 aromatic carbocycles. The molecule has 0 aromatic heterocycles. The molecule has 2 amide bonds. The van der Waals surface area contributed by atoms with Crippen LogP contribution in [0.2, 0.25) is 0 Å². The number of amides is 2. The average Bonchev–Trinajstić information content (AvgIpc) is 3.40. The Labute approximate surface area is 183 Å². The van der Waals surface area contributed by atoms with Crippen LogP contribution in [0.15, 0.2) is 18.2 Å². The van der Waals surface area contributed by atoms with Gasteiger partial charge < -0.3 is 24.3 Å². The van der Waals surface area contributed by atoms with Crippen LogP contribution >= 0.6 is 0 Å². The fourth-order valence-electron chi connectivity index (χ4n) is 5.17. The molecule has 3 fully saturated rings. The molecule has 0 unspecified atom stereocenters. The second kappa shape index (κ2) is 7.05. The van der Waals surface area contributed by atoms with Gasteiger partial charge in [0.1, 0.15) is 0 Å². The molecule has 0 aliphatic carbocycles. The predicted molar refractivity (Wildman–Crippen MR) is 117 cm³/mol. The van der Waals surface area contributed by atoms with Crippen molar-refractivity contribution in [1.82, 2.24) is 4.90 Å². The van der Waals surface area contributed by atoms with E-state index in [4.69, 9.17) is 14.0 Å². The average molecular weight is 426 g/mol. The molecule has 1 N–H and O–H groups in total. The number of benzene rings is 1. The molecule has 31 heavy (non-hydrogen) atoms. The number of fused-ring (bicyclic) bond motifs is 2. The largest absolute Gasteiger partial charge is 0.494 e. The van der Waals surface area contributed by atoms with Crippen molar-refractivity contribution in [3.8, 4) is 0 Å². The molecule has 0 radical (unpaired) electrons. The van der Waals surface area contributed by atoms with Gasteiger partial charge in [-0.25, -0.2) is 0 Å². The quantitative estimate of drug-likeness (QED) is 0.731. The lowest BCUT2D eigenvalue weighted by Crippen LogP contribution is -2.49. The lowest BCUT2D eigenvalue weighted by molar-refractivity contribution is -0.138. The normalized spacial score (nSPS) is 28.1. The topological polar surface area (TPSA) is 77.1 Å². The number of hydrogen-bond acceptors (Lipinski definition) is 5. The van der Waals surface area contributed by atoms with Crippen molar-refractivity contribution < 1.29 is 23.6 Å². The highest BCUT2D eigenvalue weighted by molar-refractivity contribution is 6.62. The molecular weight excluding hydrogens is 395 g/mol. The van der Waals surface area contributed by atoms with E-state index in [1.54, 1.807) is 0 Å². The van der Waals surface area contributed by atoms with Crippen LogP contribution in [0.4, 0.5) is 5.69 Å². The van der Waals surface area contributed by atoms with Gasteiger partial charge in [0.2, 0.25) is 11.8 Å². The number of rotatable bonds is 2. The number of ether oxygens (including phenoxy) is 1. The Morgan fingerprint density at radius 1 is 1.13 bits per heavy atom. The molecule has 3 saturated heterocycles. The maximum atomic E-state index is 13.1. The Balaban J connectivity index is 1.34. The van der Waals surface area contributed by atoms with E-state index >= 15 is 0 Å². The molecule has 1 atom stereocenters. The molecule has 4 heterocycles. The number of likely N-dealkylation sites (tertiary alicyclic amines) is 1. The van der Waals surface area contributed by atoms with Gasteiger partial charge in [0, 0.05) is 25.4 Å². The third-order valence-electron chi connectivity index (χ3n) is 7.98. The standard InChI is InChI=1S/C23H31BN2O5/c1-21(2)22(3,4)31-24(30-21)16-5-6-17-18(13-16)25-20(28)23(17)8-10-26(11-9-23)19(27)15-7-12-29-14-15/h5-6,13,15H,7-12,14H2,1-4H3,(H,25,28)/t15-/m1/s1. The van der Waals surface area contributed by atoms with Crippen molar-refractivity contribution in [3.63, 3.8) is 0 Å². The number of hydrogen-bond donors (Lipinski definition) is 1. The molecular formula is C23H31BN2O5. The van der Waals surface area contributed by atoms with Gasteiger partial charge in [0.15, 0.2) is 0 Å². The van der Waals surface area contributed by atoms with Gasteiger partial charge in [-0.3, -0.25) is 9.59 Å². The Kier molecular flexibility index (Phi) is 4.77. The van der Waals surface area contributed by atoms with Crippen LogP contribution in [0, 0.1) is 5.92 Å². The first-order valence-corrected chi connectivity index (χ1v) is 11.3. The van der Waals surface area contributed by atoms with E-state index in [1.165, 1.54) is 0 Å². The highest BCUT2D eigenvalue weighted by Gasteiger charge is 2.53. The third kappa shape index (κ3) is 3.22. The Hall–Kier alpha value is -1.90. The van der Waals surface area contributed by atoms with E-state index in [-0.39, 0.29) is 17.7 Å². The summed E-state index contributed by atoms with van der Waals surface area (Å²) < 4.78 is 17.7. The molecule has 1 aromatic rings. The van der Waals surface area contributed by atoms with E-state index in [9.17, 15) is 9.59 Å². The van der Waals surface area contributed by atoms with Gasteiger partial charge in [0.25, 0.3) is 0 Å². The molecule has 8 heteroatoms. The van der Waals surface area contributed by atoms with Gasteiger partial charge in [-0.1, -0.05) is 12.1 Å². The van der Waals surface area contributed by atoms with Gasteiger partial charge in [-0.2, -0.15) is 0 Å². The summed E-state index contributed by atoms with van der Waals surface area (Å²) >= 11 is 0. The predicted octanol–water partition coefficient (Wildman–Crippen LogP) is 1.83. The molecule has 166 valence electrons. The van der Waals surface area contributed by atoms with Gasteiger partial charge in [-0.05, 0) is 64.1 Å². The molecule has 1 spiro atoms. The van der Waals surface area contributed by atoms with Gasteiger partial charge >= 0.3 is 7.12 Å². The second-order valence-corrected chi connectivity index (χ2v) is 10.3. The zero-order valence-corrected chi connectivity index (χ0v) is 18.8. The molecule has 0 saturated carbocycles. The SMILES string of the molecule is CC1(C)OB(c2ccc3c(c2)NC(=O)C32CCN(C(=O)[C@@H]3CCOC3)CC2)OC1(C)C. The lowest BCUT2D eigenvalue weighted by atomic mass is 9.71. The van der Waals surface area contributed by atoms with Crippen molar-refractivity contribution >= 4 is 30.1 Å². The van der Waals surface area contributed by atoms with Crippen LogP contribution in [0.25, 0.3) is 0 Å². The third-order valence-corrected chi connectivity index (χ3v) is 7.98. The summed E-state index contributed by atoms with van der Waals surface area (Å²) in [7, 11) is -0.461. The number of carbonyl (C=O) groups excluding carboxylic acids is 2. The maximum absolute atomic E-state index is 13.1. The minimum absolute atomic E-state index is 0.0267. The Morgan fingerprint density at radius 3 is 2.42 bits per heavy atom. The maximum Gasteiger partial charge on any atom is 0.494 e. The molecule has 4 aliphatic rings. The van der Waals surface area contributed by atoms with E-state index in [0.717, 1.165) is 23.1 Å². The molecule has 4 aliphatic heterocycles. The summed E-state index contributed by atoms with van der Waals surface area (Å²) in [6.07, 6.45) is 2.08. The van der Waals surface area contributed by atoms with Crippen LogP contribution in [-0.4, -0.2) is 61.3 Å². The summed E-state index contributed by atoms with van der Waals surface area (Å²) in [5, 5.41) is 3.09. The summed E-state index contributed by atoms with van der Waals surface area (Å²) in [6, 6.07) is 6.03. The highest BCUT2D eigenvalue weighted by Crippen LogP contribution is 2.45. The fourth-order valence-corrected chi connectivity index (χ4v) is 5.17. The van der Waals surface area contributed by atoms with Crippen molar-refractivity contribution in [2.45, 2.75) is 63.6 Å². The Bertz CT molecular complexity index is 901. The molecule has 0 bridgehead atoms. The molecule has 5 rings (SSSR count). The van der Waals surface area contributed by atoms with Crippen LogP contribution < -0.4 is 10.8 Å². The monoisotopic (exact) mass is 426 g/mol. The zero-order valence-electron chi connectivity index (χ0n) is 18.8. The number of piperidine rings is 1. The van der Waals surface area contributed by atoms with Crippen LogP contribution in [0.5, 0.6) is 0 Å². The summed E-state index contributed by atoms with van der Waals surface area (Å²) in [6.45, 7) is 10.5. The highest BCUT2D eigenvalue weighted by atomic mass is 16.7. The van der Waals surface area contributed by atoms with Crippen molar-refractivity contribution in [1.29, 1.82) is 0 Å². The smallest absolute Gasteiger partial charge is 0.399 e. The minimum atomic E-state index is -0.563. The molecule has 7 nitrogen and oxygen atoms in total. The summed E-state index contributed by atoms with van der Waals surface area (Å²) in [4.78, 5) is 27.7. The summed E-state index contributed by atoms with van der Waals surface area (Å²) in [5.41, 5.74) is 1.38.